The second kappa shape index (κ2) is 9.93. The van der Waals surface area contributed by atoms with Crippen molar-refractivity contribution in [3.8, 4) is 0 Å². The number of carbonyl (C=O) groups is 2. The topological polar surface area (TPSA) is 64.7 Å². The number of para-hydroxylation sites is 1. The number of hydrogen-bond donors (Lipinski definition) is 2. The predicted molar refractivity (Wildman–Crippen MR) is 112 cm³/mol. The fraction of sp³-hybridized carbons (Fsp3) is 0.364. The lowest BCUT2D eigenvalue weighted by Crippen LogP contribution is -2.46. The number of halogens is 3. The average molecular weight is 434 g/mol. The molecule has 3 rings (SSSR count). The van der Waals surface area contributed by atoms with Gasteiger partial charge in [0.2, 0.25) is 0 Å². The van der Waals surface area contributed by atoms with E-state index in [1.807, 2.05) is 0 Å². The number of nitrogens with zero attached hydrogens (tertiary/aromatic N) is 2. The molecule has 2 aromatic carbocycles. The van der Waals surface area contributed by atoms with Crippen LogP contribution in [-0.4, -0.2) is 67.9 Å². The molecule has 0 unspecified atom stereocenters. The number of piperazine rings is 1. The van der Waals surface area contributed by atoms with Crippen molar-refractivity contribution in [2.75, 3.05) is 51.6 Å². The zero-order valence-electron chi connectivity index (χ0n) is 17.2. The maximum Gasteiger partial charge on any atom is 0.416 e. The first kappa shape index (κ1) is 22.8. The van der Waals surface area contributed by atoms with E-state index in [2.05, 4.69) is 27.5 Å². The van der Waals surface area contributed by atoms with Crippen LogP contribution >= 0.6 is 0 Å². The van der Waals surface area contributed by atoms with Crippen LogP contribution in [0, 0.1) is 0 Å². The third kappa shape index (κ3) is 6.28. The molecule has 0 bridgehead atoms. The van der Waals surface area contributed by atoms with Gasteiger partial charge in [-0.3, -0.25) is 14.5 Å². The summed E-state index contributed by atoms with van der Waals surface area (Å²) in [5.41, 5.74) is -0.557. The minimum absolute atomic E-state index is 0.139. The van der Waals surface area contributed by atoms with E-state index in [0.717, 1.165) is 44.9 Å². The molecule has 1 aliphatic heterocycles. The number of amides is 2. The number of benzene rings is 2. The van der Waals surface area contributed by atoms with E-state index in [4.69, 9.17) is 0 Å². The number of nitrogens with one attached hydrogen (secondary N) is 2. The number of carbonyl (C=O) groups excluding carboxylic acids is 2. The maximum absolute atomic E-state index is 12.9. The number of rotatable bonds is 6. The van der Waals surface area contributed by atoms with Gasteiger partial charge in [0, 0.05) is 44.8 Å². The van der Waals surface area contributed by atoms with Gasteiger partial charge in [-0.2, -0.15) is 13.2 Å². The van der Waals surface area contributed by atoms with Crippen molar-refractivity contribution in [1.82, 2.24) is 15.1 Å². The second-order valence-electron chi connectivity index (χ2n) is 7.48. The van der Waals surface area contributed by atoms with Gasteiger partial charge in [-0.05, 0) is 37.4 Å². The Bertz CT molecular complexity index is 925. The van der Waals surface area contributed by atoms with Crippen LogP contribution in [0.5, 0.6) is 0 Å². The van der Waals surface area contributed by atoms with Crippen molar-refractivity contribution in [3.63, 3.8) is 0 Å². The van der Waals surface area contributed by atoms with E-state index in [1.54, 1.807) is 24.3 Å². The molecular weight excluding hydrogens is 409 g/mol. The molecule has 166 valence electrons. The summed E-state index contributed by atoms with van der Waals surface area (Å²) in [5, 5.41) is 5.39. The van der Waals surface area contributed by atoms with Crippen molar-refractivity contribution in [2.24, 2.45) is 0 Å². The minimum atomic E-state index is -4.54. The van der Waals surface area contributed by atoms with Gasteiger partial charge in [0.25, 0.3) is 11.8 Å². The summed E-state index contributed by atoms with van der Waals surface area (Å²) in [4.78, 5) is 29.6. The quantitative estimate of drug-likeness (QED) is 0.734. The Morgan fingerprint density at radius 3 is 2.39 bits per heavy atom. The molecule has 0 radical (unpaired) electrons. The third-order valence-electron chi connectivity index (χ3n) is 5.18. The van der Waals surface area contributed by atoms with Gasteiger partial charge in [-0.1, -0.05) is 18.2 Å². The standard InChI is InChI=1S/C22H25F3N4O2/c1-28-11-13-29(14-12-28)10-9-26-21(31)18-7-2-3-8-19(18)27-20(30)16-5-4-6-17(15-16)22(23,24)25/h2-8,15H,9-14H2,1H3,(H,26,31)(H,27,30). The predicted octanol–water partition coefficient (Wildman–Crippen LogP) is 2.93. The van der Waals surface area contributed by atoms with E-state index in [0.29, 0.717) is 6.54 Å². The molecule has 1 saturated heterocycles. The van der Waals surface area contributed by atoms with E-state index in [9.17, 15) is 22.8 Å². The average Bonchev–Trinajstić information content (AvgIpc) is 2.75. The fourth-order valence-electron chi connectivity index (χ4n) is 3.32. The lowest BCUT2D eigenvalue weighted by molar-refractivity contribution is -0.137. The van der Waals surface area contributed by atoms with Crippen LogP contribution < -0.4 is 10.6 Å². The van der Waals surface area contributed by atoms with Gasteiger partial charge in [0.1, 0.15) is 0 Å². The molecule has 31 heavy (non-hydrogen) atoms. The van der Waals surface area contributed by atoms with Gasteiger partial charge < -0.3 is 15.5 Å². The van der Waals surface area contributed by atoms with E-state index < -0.39 is 17.6 Å². The Morgan fingerprint density at radius 1 is 0.968 bits per heavy atom. The van der Waals surface area contributed by atoms with Crippen molar-refractivity contribution in [3.05, 3.63) is 65.2 Å². The molecule has 2 aromatic rings. The third-order valence-corrected chi connectivity index (χ3v) is 5.18. The summed E-state index contributed by atoms with van der Waals surface area (Å²) >= 11 is 0. The smallest absolute Gasteiger partial charge is 0.351 e. The molecule has 1 aliphatic rings. The molecule has 1 fully saturated rings. The summed E-state index contributed by atoms with van der Waals surface area (Å²) in [7, 11) is 2.07. The molecule has 1 heterocycles. The van der Waals surface area contributed by atoms with E-state index >= 15 is 0 Å². The molecule has 0 atom stereocenters. The highest BCUT2D eigenvalue weighted by Crippen LogP contribution is 2.29. The molecule has 0 aliphatic carbocycles. The van der Waals surface area contributed by atoms with Gasteiger partial charge in [0.05, 0.1) is 16.8 Å². The SMILES string of the molecule is CN1CCN(CCNC(=O)c2ccccc2NC(=O)c2cccc(C(F)(F)F)c2)CC1. The zero-order valence-corrected chi connectivity index (χ0v) is 17.2. The number of likely N-dealkylation sites (N-methyl/N-ethyl adjacent to an activating group) is 1. The summed E-state index contributed by atoms with van der Waals surface area (Å²) in [6.45, 7) is 5.03. The Balaban J connectivity index is 1.62. The van der Waals surface area contributed by atoms with Crippen LogP contribution in [0.25, 0.3) is 0 Å². The normalized spacial score (nSPS) is 15.5. The first-order chi connectivity index (χ1) is 14.7. The molecule has 2 N–H and O–H groups in total. The molecule has 0 spiro atoms. The molecule has 0 saturated carbocycles. The Labute approximate surface area is 179 Å². The number of anilines is 1. The highest BCUT2D eigenvalue weighted by atomic mass is 19.4. The van der Waals surface area contributed by atoms with Crippen LogP contribution in [-0.2, 0) is 6.18 Å². The second-order valence-corrected chi connectivity index (χ2v) is 7.48. The summed E-state index contributed by atoms with van der Waals surface area (Å²) in [6.07, 6.45) is -4.54. The van der Waals surface area contributed by atoms with Crippen molar-refractivity contribution >= 4 is 17.5 Å². The Morgan fingerprint density at radius 2 is 1.68 bits per heavy atom. The minimum Gasteiger partial charge on any atom is -0.351 e. The van der Waals surface area contributed by atoms with Gasteiger partial charge in [0.15, 0.2) is 0 Å². The zero-order chi connectivity index (χ0) is 22.4. The summed E-state index contributed by atoms with van der Waals surface area (Å²) in [6, 6.07) is 10.6. The molecule has 0 aromatic heterocycles. The van der Waals surface area contributed by atoms with Crippen LogP contribution in [0.15, 0.2) is 48.5 Å². The van der Waals surface area contributed by atoms with Gasteiger partial charge in [-0.25, -0.2) is 0 Å². The van der Waals surface area contributed by atoms with Crippen LogP contribution in [0.1, 0.15) is 26.3 Å². The van der Waals surface area contributed by atoms with Crippen LogP contribution in [0.2, 0.25) is 0 Å². The number of hydrogen-bond acceptors (Lipinski definition) is 4. The largest absolute Gasteiger partial charge is 0.416 e. The lowest BCUT2D eigenvalue weighted by Gasteiger charge is -2.32. The summed E-state index contributed by atoms with van der Waals surface area (Å²) in [5.74, 6) is -1.07. The van der Waals surface area contributed by atoms with Crippen molar-refractivity contribution in [1.29, 1.82) is 0 Å². The monoisotopic (exact) mass is 434 g/mol. The summed E-state index contributed by atoms with van der Waals surface area (Å²) < 4.78 is 38.7. The first-order valence-electron chi connectivity index (χ1n) is 10.0. The van der Waals surface area contributed by atoms with E-state index in [1.165, 1.54) is 12.1 Å². The highest BCUT2D eigenvalue weighted by molar-refractivity contribution is 6.09. The highest BCUT2D eigenvalue weighted by Gasteiger charge is 2.31. The molecular formula is C22H25F3N4O2. The molecule has 9 heteroatoms. The lowest BCUT2D eigenvalue weighted by atomic mass is 10.1. The fourth-order valence-corrected chi connectivity index (χ4v) is 3.32. The molecule has 6 nitrogen and oxygen atoms in total. The van der Waals surface area contributed by atoms with Crippen molar-refractivity contribution < 1.29 is 22.8 Å². The van der Waals surface area contributed by atoms with E-state index in [-0.39, 0.29) is 22.7 Å². The van der Waals surface area contributed by atoms with Crippen LogP contribution in [0.4, 0.5) is 18.9 Å². The Kier molecular flexibility index (Phi) is 7.29. The van der Waals surface area contributed by atoms with Gasteiger partial charge in [-0.15, -0.1) is 0 Å². The van der Waals surface area contributed by atoms with Crippen LogP contribution in [0.3, 0.4) is 0 Å². The maximum atomic E-state index is 12.9. The first-order valence-corrected chi connectivity index (χ1v) is 10.0. The molecule has 2 amide bonds. The van der Waals surface area contributed by atoms with Gasteiger partial charge >= 0.3 is 6.18 Å². The Hall–Kier alpha value is -2.91. The number of alkyl halides is 3. The van der Waals surface area contributed by atoms with Crippen molar-refractivity contribution in [2.45, 2.75) is 6.18 Å².